The minimum Gasteiger partial charge on any atom is -0.364 e. The number of rotatable bonds is 10. The van der Waals surface area contributed by atoms with Crippen LogP contribution in [0.1, 0.15) is 30.8 Å². The van der Waals surface area contributed by atoms with E-state index in [4.69, 9.17) is 21.6 Å². The Balaban J connectivity index is 0.000000176. The first-order valence-electron chi connectivity index (χ1n) is 19.4. The summed E-state index contributed by atoms with van der Waals surface area (Å²) in [6.45, 7) is 4.84. The van der Waals surface area contributed by atoms with Gasteiger partial charge in [0.2, 0.25) is 5.28 Å². The third-order valence-corrected chi connectivity index (χ3v) is 10.1. The van der Waals surface area contributed by atoms with Crippen molar-refractivity contribution in [2.75, 3.05) is 10.6 Å². The Kier molecular flexibility index (Phi) is 11.7. The van der Waals surface area contributed by atoms with Crippen LogP contribution in [0, 0.1) is 11.3 Å². The minimum atomic E-state index is -0.666. The molecule has 0 bridgehead atoms. The number of hydrogen-bond acceptors (Lipinski definition) is 10. The van der Waals surface area contributed by atoms with E-state index in [1.54, 1.807) is 24.8 Å². The van der Waals surface area contributed by atoms with Crippen LogP contribution in [0.2, 0.25) is 5.28 Å². The van der Waals surface area contributed by atoms with Gasteiger partial charge in [-0.25, -0.2) is 19.9 Å². The fourth-order valence-electron chi connectivity index (χ4n) is 6.76. The van der Waals surface area contributed by atoms with Crippen LogP contribution in [-0.2, 0) is 18.5 Å². The zero-order valence-electron chi connectivity index (χ0n) is 33.0. The second kappa shape index (κ2) is 17.9. The number of aromatic nitrogens is 7. The van der Waals surface area contributed by atoms with Crippen LogP contribution in [0.5, 0.6) is 0 Å². The maximum atomic E-state index is 9.59. The molecule has 0 aliphatic carbocycles. The van der Waals surface area contributed by atoms with Crippen LogP contribution < -0.4 is 10.6 Å². The molecule has 9 rings (SSSR count). The van der Waals surface area contributed by atoms with Gasteiger partial charge in [0.25, 0.3) is 0 Å². The van der Waals surface area contributed by atoms with Gasteiger partial charge < -0.3 is 10.6 Å². The Morgan fingerprint density at radius 1 is 0.567 bits per heavy atom. The van der Waals surface area contributed by atoms with E-state index in [0.717, 1.165) is 72.4 Å². The molecule has 0 fully saturated rings. The second-order valence-electron chi connectivity index (χ2n) is 14.4. The van der Waals surface area contributed by atoms with Crippen LogP contribution in [-0.4, -0.2) is 34.9 Å². The smallest absolute Gasteiger partial charge is 0.224 e. The van der Waals surface area contributed by atoms with Crippen LogP contribution in [0.3, 0.4) is 0 Å². The van der Waals surface area contributed by atoms with E-state index in [9.17, 15) is 5.26 Å². The number of benzene rings is 4. The summed E-state index contributed by atoms with van der Waals surface area (Å²) in [4.78, 5) is 31.8. The van der Waals surface area contributed by atoms with Crippen molar-refractivity contribution in [2.24, 2.45) is 0 Å². The van der Waals surface area contributed by atoms with Gasteiger partial charge in [0.15, 0.2) is 5.82 Å². The van der Waals surface area contributed by atoms with E-state index >= 15 is 0 Å². The van der Waals surface area contributed by atoms with Crippen molar-refractivity contribution >= 4 is 45.0 Å². The maximum absolute atomic E-state index is 9.59. The van der Waals surface area contributed by atoms with Gasteiger partial charge in [-0.05, 0) is 95.7 Å². The van der Waals surface area contributed by atoms with Gasteiger partial charge in [-0.3, -0.25) is 15.0 Å². The summed E-state index contributed by atoms with van der Waals surface area (Å²) in [7, 11) is 0. The van der Waals surface area contributed by atoms with E-state index in [-0.39, 0.29) is 5.28 Å². The summed E-state index contributed by atoms with van der Waals surface area (Å²) in [5.41, 5.74) is 8.72. The molecule has 0 amide bonds. The highest BCUT2D eigenvalue weighted by molar-refractivity contribution is 6.29. The number of fused-ring (bicyclic) bond motifs is 2. The minimum absolute atomic E-state index is 0.223. The fourth-order valence-corrected chi connectivity index (χ4v) is 6.94. The molecule has 5 heterocycles. The summed E-state index contributed by atoms with van der Waals surface area (Å²) < 4.78 is 0. The number of nitriles is 1. The summed E-state index contributed by atoms with van der Waals surface area (Å²) in [6, 6.07) is 48.5. The Labute approximate surface area is 353 Å². The quantitative estimate of drug-likeness (QED) is 0.128. The van der Waals surface area contributed by atoms with E-state index in [2.05, 4.69) is 78.0 Å². The van der Waals surface area contributed by atoms with Crippen molar-refractivity contribution in [1.29, 1.82) is 5.26 Å². The van der Waals surface area contributed by atoms with Gasteiger partial charge in [-0.2, -0.15) is 5.26 Å². The number of anilines is 2. The molecule has 2 N–H and O–H groups in total. The van der Waals surface area contributed by atoms with Gasteiger partial charge in [0, 0.05) is 30.4 Å². The molecule has 0 radical (unpaired) electrons. The molecule has 5 aromatic heterocycles. The van der Waals surface area contributed by atoms with E-state index in [1.165, 1.54) is 0 Å². The summed E-state index contributed by atoms with van der Waals surface area (Å²) in [5.74, 6) is 1.98. The van der Waals surface area contributed by atoms with Crippen molar-refractivity contribution in [3.8, 4) is 39.7 Å². The Hall–Kier alpha value is -7.61. The van der Waals surface area contributed by atoms with Gasteiger partial charge in [0.05, 0.1) is 57.8 Å². The predicted molar refractivity (Wildman–Crippen MR) is 240 cm³/mol. The van der Waals surface area contributed by atoms with Crippen molar-refractivity contribution in [1.82, 2.24) is 34.9 Å². The van der Waals surface area contributed by atoms with Gasteiger partial charge in [-0.1, -0.05) is 97.1 Å². The van der Waals surface area contributed by atoms with E-state index in [0.29, 0.717) is 24.7 Å². The van der Waals surface area contributed by atoms with Crippen LogP contribution in [0.25, 0.3) is 55.4 Å². The van der Waals surface area contributed by atoms with E-state index in [1.807, 2.05) is 117 Å². The molecule has 0 atom stereocenters. The Morgan fingerprint density at radius 2 is 1.10 bits per heavy atom. The van der Waals surface area contributed by atoms with Crippen LogP contribution >= 0.6 is 11.6 Å². The lowest BCUT2D eigenvalue weighted by atomic mass is 9.87. The average molecular weight is 803 g/mol. The largest absolute Gasteiger partial charge is 0.364 e. The number of nitrogens with zero attached hydrogens (tertiary/aromatic N) is 8. The normalized spacial score (nSPS) is 11.0. The summed E-state index contributed by atoms with van der Waals surface area (Å²) in [5, 5.41) is 18.6. The molecule has 0 aliphatic heterocycles. The number of halogens is 1. The molecule has 292 valence electrons. The average Bonchev–Trinajstić information content (AvgIpc) is 3.31. The molecular formula is C49H39ClN10. The third kappa shape index (κ3) is 8.92. The molecule has 10 nitrogen and oxygen atoms in total. The number of pyridine rings is 3. The second-order valence-corrected chi connectivity index (χ2v) is 14.8. The summed E-state index contributed by atoms with van der Waals surface area (Å²) in [6.07, 6.45) is 7.02. The Morgan fingerprint density at radius 3 is 1.63 bits per heavy atom. The third-order valence-electron chi connectivity index (χ3n) is 9.91. The highest BCUT2D eigenvalue weighted by Crippen LogP contribution is 2.36. The molecule has 0 saturated carbocycles. The van der Waals surface area contributed by atoms with Crippen molar-refractivity contribution in [3.05, 3.63) is 187 Å². The zero-order chi connectivity index (χ0) is 41.3. The van der Waals surface area contributed by atoms with E-state index < -0.39 is 5.41 Å². The predicted octanol–water partition coefficient (Wildman–Crippen LogP) is 11.1. The zero-order valence-corrected chi connectivity index (χ0v) is 33.7. The number of nitrogens with one attached hydrogen (secondary N) is 2. The van der Waals surface area contributed by atoms with Crippen LogP contribution in [0.4, 0.5) is 11.6 Å². The molecule has 11 heteroatoms. The lowest BCUT2D eigenvalue weighted by Crippen LogP contribution is -2.14. The van der Waals surface area contributed by atoms with Gasteiger partial charge in [-0.15, -0.1) is 0 Å². The van der Waals surface area contributed by atoms with Crippen molar-refractivity contribution < 1.29 is 0 Å². The Bertz CT molecular complexity index is 2920. The maximum Gasteiger partial charge on any atom is 0.224 e. The molecule has 0 aliphatic rings. The molecule has 60 heavy (non-hydrogen) atoms. The summed E-state index contributed by atoms with van der Waals surface area (Å²) >= 11 is 6.13. The first kappa shape index (κ1) is 39.2. The topological polar surface area (TPSA) is 138 Å². The molecule has 0 spiro atoms. The van der Waals surface area contributed by atoms with Crippen molar-refractivity contribution in [3.63, 3.8) is 0 Å². The number of hydrogen-bond donors (Lipinski definition) is 2. The molecule has 4 aromatic carbocycles. The monoisotopic (exact) mass is 802 g/mol. The standard InChI is InChI=1S/C29H24N6.C20H15ClN4/c1-29(2,19-30)22-15-21(16-31-17-22)27-34-25-13-8-12-24(20-9-4-3-5-10-20)26(25)28(35-27)33-18-23-11-6-7-14-32-23;21-20-24-17-11-6-10-16(14-7-2-1-3-8-14)18(17)19(25-20)23-13-15-9-4-5-12-22-15/h3-17H,18H2,1-2H3,(H,33,34,35);1-12H,13H2,(H,23,24,25). The van der Waals surface area contributed by atoms with Crippen molar-refractivity contribution in [2.45, 2.75) is 32.4 Å². The van der Waals surface area contributed by atoms with Gasteiger partial charge in [0.1, 0.15) is 11.6 Å². The lowest BCUT2D eigenvalue weighted by Gasteiger charge is -2.17. The highest BCUT2D eigenvalue weighted by atomic mass is 35.5. The first-order valence-corrected chi connectivity index (χ1v) is 19.8. The molecule has 0 unspecified atom stereocenters. The molecule has 9 aromatic rings. The molecule has 0 saturated heterocycles. The SMILES string of the molecule is CC(C)(C#N)c1cncc(-c2nc(NCc3ccccn3)c3c(-c4ccccc4)cccc3n2)c1.Clc1nc(NCc2ccccn2)c2c(-c3ccccc3)cccc2n1. The van der Waals surface area contributed by atoms with Gasteiger partial charge >= 0.3 is 0 Å². The fraction of sp³-hybridized carbons (Fsp3) is 0.102. The highest BCUT2D eigenvalue weighted by Gasteiger charge is 2.22. The molecular weight excluding hydrogens is 764 g/mol. The lowest BCUT2D eigenvalue weighted by molar-refractivity contribution is 0.683. The van der Waals surface area contributed by atoms with Crippen LogP contribution in [0.15, 0.2) is 164 Å². The first-order chi connectivity index (χ1) is 29.4.